The molecule has 0 radical (unpaired) electrons. The van der Waals surface area contributed by atoms with E-state index < -0.39 is 27.7 Å². The monoisotopic (exact) mass is 508 g/mol. The number of ether oxygens (including phenoxy) is 2. The number of fused-ring (bicyclic) bond motifs is 1. The van der Waals surface area contributed by atoms with Gasteiger partial charge >= 0.3 is 11.9 Å². The van der Waals surface area contributed by atoms with Gasteiger partial charge in [-0.05, 0) is 102 Å². The molecule has 1 spiro atoms. The maximum Gasteiger partial charge on any atom is 0.312 e. The van der Waals surface area contributed by atoms with Gasteiger partial charge in [0, 0.05) is 11.8 Å². The molecule has 8 atom stereocenters. The predicted molar refractivity (Wildman–Crippen MR) is 134 cm³/mol. The number of hydrogen-bond acceptors (Lipinski definition) is 6. The van der Waals surface area contributed by atoms with Crippen molar-refractivity contribution in [2.75, 3.05) is 13.7 Å². The summed E-state index contributed by atoms with van der Waals surface area (Å²) >= 11 is 0. The van der Waals surface area contributed by atoms with Crippen molar-refractivity contribution in [2.45, 2.75) is 102 Å². The Balaban J connectivity index is 1.63. The van der Waals surface area contributed by atoms with E-state index in [0.29, 0.717) is 12.5 Å². The highest BCUT2D eigenvalue weighted by molar-refractivity contribution is 6.70. The molecule has 4 bridgehead atoms. The number of methoxy groups -OCH3 is 1. The van der Waals surface area contributed by atoms with Gasteiger partial charge in [-0.2, -0.15) is 0 Å². The second-order valence-electron chi connectivity index (χ2n) is 14.2. The topological polar surface area (TPSA) is 71.1 Å². The minimum Gasteiger partial charge on any atom is -0.469 e. The second-order valence-corrected chi connectivity index (χ2v) is 23.2. The zero-order valence-electron chi connectivity index (χ0n) is 22.4. The molecule has 1 aliphatic heterocycles. The SMILES string of the molecule is COC(=O)[C@H]1[C@@H]2C3(C)CCC[C@@]2(OC3=O)C2CCC3C[C@@]21C[C@@]3(CO[Si](C)(C)C)O[Si](C)(C)C. The van der Waals surface area contributed by atoms with Gasteiger partial charge < -0.3 is 18.3 Å². The third-order valence-corrected chi connectivity index (χ3v) is 12.0. The molecule has 5 rings (SSSR count). The average Bonchev–Trinajstić information content (AvgIpc) is 3.14. The molecule has 5 aliphatic rings. The first-order valence-corrected chi connectivity index (χ1v) is 20.1. The van der Waals surface area contributed by atoms with Crippen LogP contribution in [0.2, 0.25) is 39.3 Å². The molecule has 3 unspecified atom stereocenters. The minimum absolute atomic E-state index is 0.0921. The van der Waals surface area contributed by atoms with Crippen LogP contribution in [0.3, 0.4) is 0 Å². The van der Waals surface area contributed by atoms with Gasteiger partial charge in [-0.25, -0.2) is 0 Å². The van der Waals surface area contributed by atoms with Crippen LogP contribution in [0.15, 0.2) is 0 Å². The van der Waals surface area contributed by atoms with Gasteiger partial charge in [0.1, 0.15) is 5.60 Å². The highest BCUT2D eigenvalue weighted by Crippen LogP contribution is 2.79. The van der Waals surface area contributed by atoms with Crippen LogP contribution in [0.5, 0.6) is 0 Å². The van der Waals surface area contributed by atoms with Gasteiger partial charge in [-0.1, -0.05) is 0 Å². The van der Waals surface area contributed by atoms with E-state index >= 15 is 0 Å². The lowest BCUT2D eigenvalue weighted by Crippen LogP contribution is -2.51. The van der Waals surface area contributed by atoms with Gasteiger partial charge in [-0.15, -0.1) is 0 Å². The number of esters is 2. The minimum atomic E-state index is -1.90. The van der Waals surface area contributed by atoms with Crippen molar-refractivity contribution < 1.29 is 27.9 Å². The van der Waals surface area contributed by atoms with Crippen molar-refractivity contribution in [2.24, 2.45) is 34.5 Å². The molecule has 34 heavy (non-hydrogen) atoms. The van der Waals surface area contributed by atoms with Gasteiger partial charge in [0.25, 0.3) is 0 Å². The molecule has 0 N–H and O–H groups in total. The van der Waals surface area contributed by atoms with E-state index in [-0.39, 0.29) is 40.7 Å². The molecule has 0 aromatic rings. The van der Waals surface area contributed by atoms with Crippen molar-refractivity contribution in [1.29, 1.82) is 0 Å². The Bertz CT molecular complexity index is 895. The van der Waals surface area contributed by atoms with E-state index in [0.717, 1.165) is 44.9 Å². The molecule has 192 valence electrons. The maximum atomic E-state index is 13.6. The summed E-state index contributed by atoms with van der Waals surface area (Å²) in [6, 6.07) is 0. The molecule has 0 aromatic heterocycles. The summed E-state index contributed by atoms with van der Waals surface area (Å²) in [6.45, 7) is 16.1. The Labute approximate surface area is 207 Å². The Morgan fingerprint density at radius 3 is 2.41 bits per heavy atom. The van der Waals surface area contributed by atoms with Crippen molar-refractivity contribution in [3.63, 3.8) is 0 Å². The first kappa shape index (κ1) is 25.0. The van der Waals surface area contributed by atoms with Crippen LogP contribution in [0.4, 0.5) is 0 Å². The van der Waals surface area contributed by atoms with Crippen molar-refractivity contribution in [1.82, 2.24) is 0 Å². The molecule has 8 heteroatoms. The van der Waals surface area contributed by atoms with E-state index in [1.54, 1.807) is 0 Å². The molecule has 6 nitrogen and oxygen atoms in total. The van der Waals surface area contributed by atoms with Crippen LogP contribution in [-0.4, -0.2) is 53.5 Å². The zero-order valence-corrected chi connectivity index (χ0v) is 24.4. The fraction of sp³-hybridized carbons (Fsp3) is 0.923. The Morgan fingerprint density at radius 1 is 1.09 bits per heavy atom. The molecule has 4 aliphatic carbocycles. The van der Waals surface area contributed by atoms with Crippen LogP contribution in [0.1, 0.15) is 51.9 Å². The van der Waals surface area contributed by atoms with Crippen molar-refractivity contribution in [3.8, 4) is 0 Å². The Kier molecular flexibility index (Phi) is 5.45. The predicted octanol–water partition coefficient (Wildman–Crippen LogP) is 5.14. The molecular formula is C26H44O6Si2. The molecule has 5 fully saturated rings. The third kappa shape index (κ3) is 3.30. The standard InChI is InChI=1S/C26H44O6Si2/c1-23-12-9-13-26(31-22(23)28)18-11-10-17-14-24(18,19(20(23)26)21(27)29-2)15-25(17,32-34(6,7)8)16-30-33(3,4)5/h17-20H,9-16H2,1-8H3/t17?,18?,19-,20-,23?,24-,25+,26-/m1/s1. The quantitative estimate of drug-likeness (QED) is 0.365. The van der Waals surface area contributed by atoms with E-state index in [9.17, 15) is 9.59 Å². The first-order valence-electron chi connectivity index (χ1n) is 13.3. The van der Waals surface area contributed by atoms with Gasteiger partial charge in [0.15, 0.2) is 16.6 Å². The summed E-state index contributed by atoms with van der Waals surface area (Å²) in [4.78, 5) is 26.9. The fourth-order valence-corrected chi connectivity index (χ4v) is 11.5. The van der Waals surface area contributed by atoms with Crippen LogP contribution in [0, 0.1) is 34.5 Å². The van der Waals surface area contributed by atoms with Crippen LogP contribution >= 0.6 is 0 Å². The maximum absolute atomic E-state index is 13.6. The molecule has 1 saturated heterocycles. The molecular weight excluding hydrogens is 464 g/mol. The van der Waals surface area contributed by atoms with Gasteiger partial charge in [0.05, 0.1) is 30.7 Å². The molecule has 0 amide bonds. The van der Waals surface area contributed by atoms with E-state index in [1.165, 1.54) is 7.11 Å². The number of hydrogen-bond donors (Lipinski definition) is 0. The highest BCUT2D eigenvalue weighted by atomic mass is 28.4. The summed E-state index contributed by atoms with van der Waals surface area (Å²) in [5.74, 6) is -0.114. The summed E-state index contributed by atoms with van der Waals surface area (Å²) in [5, 5.41) is 0. The summed E-state index contributed by atoms with van der Waals surface area (Å²) < 4.78 is 25.6. The summed E-state index contributed by atoms with van der Waals surface area (Å²) in [6.07, 6.45) is 6.45. The van der Waals surface area contributed by atoms with Crippen molar-refractivity contribution in [3.05, 3.63) is 0 Å². The highest BCUT2D eigenvalue weighted by Gasteiger charge is 2.83. The largest absolute Gasteiger partial charge is 0.469 e. The molecule has 1 heterocycles. The molecule has 0 aromatic carbocycles. The van der Waals surface area contributed by atoms with Gasteiger partial charge in [0.2, 0.25) is 0 Å². The lowest BCUT2D eigenvalue weighted by atomic mass is 9.60. The van der Waals surface area contributed by atoms with Gasteiger partial charge in [-0.3, -0.25) is 9.59 Å². The third-order valence-electron chi connectivity index (χ3n) is 9.98. The smallest absolute Gasteiger partial charge is 0.312 e. The normalized spacial score (nSPS) is 47.2. The first-order chi connectivity index (χ1) is 15.6. The van der Waals surface area contributed by atoms with Crippen LogP contribution < -0.4 is 0 Å². The van der Waals surface area contributed by atoms with Crippen LogP contribution in [0.25, 0.3) is 0 Å². The Morgan fingerprint density at radius 2 is 1.79 bits per heavy atom. The second kappa shape index (κ2) is 7.42. The van der Waals surface area contributed by atoms with Crippen molar-refractivity contribution >= 4 is 28.6 Å². The van der Waals surface area contributed by atoms with E-state index in [1.807, 2.05) is 0 Å². The van der Waals surface area contributed by atoms with E-state index in [2.05, 4.69) is 46.2 Å². The number of carbonyl (C=O) groups is 2. The molecule has 4 saturated carbocycles. The summed E-state index contributed by atoms with van der Waals surface area (Å²) in [7, 11) is -2.16. The zero-order chi connectivity index (χ0) is 24.9. The lowest BCUT2D eigenvalue weighted by Gasteiger charge is -2.44. The number of rotatable bonds is 6. The average molecular weight is 509 g/mol. The fourth-order valence-electron chi connectivity index (χ4n) is 9.31. The summed E-state index contributed by atoms with van der Waals surface area (Å²) in [5.41, 5.74) is -1.75. The lowest BCUT2D eigenvalue weighted by molar-refractivity contribution is -0.161. The van der Waals surface area contributed by atoms with Crippen LogP contribution in [-0.2, 0) is 27.9 Å². The van der Waals surface area contributed by atoms with E-state index in [4.69, 9.17) is 18.3 Å². The number of carbonyl (C=O) groups excluding carboxylic acids is 2. The Hall–Kier alpha value is -0.706.